The van der Waals surface area contributed by atoms with Gasteiger partial charge in [0.25, 0.3) is 0 Å². The van der Waals surface area contributed by atoms with Crippen LogP contribution in [0.25, 0.3) is 17.2 Å². The minimum atomic E-state index is 0.399. The van der Waals surface area contributed by atoms with Crippen molar-refractivity contribution < 1.29 is 5.11 Å². The quantitative estimate of drug-likeness (QED) is 0.789. The summed E-state index contributed by atoms with van der Waals surface area (Å²) in [7, 11) is 0. The first-order chi connectivity index (χ1) is 9.54. The molecule has 0 bridgehead atoms. The number of phenols is 1. The third kappa shape index (κ3) is 1.70. The van der Waals surface area contributed by atoms with Crippen molar-refractivity contribution in [1.29, 1.82) is 0 Å². The summed E-state index contributed by atoms with van der Waals surface area (Å²) in [4.78, 5) is 0. The van der Waals surface area contributed by atoms with E-state index in [9.17, 15) is 5.11 Å². The summed E-state index contributed by atoms with van der Waals surface area (Å²) in [5, 5.41) is 9.93. The third-order valence-electron chi connectivity index (χ3n) is 4.69. The first kappa shape index (κ1) is 13.0. The van der Waals surface area contributed by atoms with Crippen molar-refractivity contribution in [3.8, 4) is 16.9 Å². The van der Waals surface area contributed by atoms with Crippen LogP contribution in [0.15, 0.2) is 24.8 Å². The van der Waals surface area contributed by atoms with E-state index in [1.165, 1.54) is 38.9 Å². The third-order valence-corrected chi connectivity index (χ3v) is 4.69. The monoisotopic (exact) mass is 264 g/mol. The van der Waals surface area contributed by atoms with E-state index in [0.29, 0.717) is 5.75 Å². The molecular weight excluding hydrogens is 244 g/mol. The molecule has 0 radical (unpaired) electrons. The average molecular weight is 264 g/mol. The maximum atomic E-state index is 9.93. The highest BCUT2D eigenvalue weighted by Gasteiger charge is 2.23. The predicted octanol–water partition coefficient (Wildman–Crippen LogP) is 4.73. The molecule has 0 aliphatic heterocycles. The molecule has 0 amide bonds. The van der Waals surface area contributed by atoms with Crippen LogP contribution >= 0.6 is 0 Å². The van der Waals surface area contributed by atoms with Gasteiger partial charge in [-0.25, -0.2) is 0 Å². The van der Waals surface area contributed by atoms with Crippen molar-refractivity contribution >= 4 is 6.08 Å². The second-order valence-corrected chi connectivity index (χ2v) is 5.70. The molecule has 0 heterocycles. The molecule has 0 saturated heterocycles. The van der Waals surface area contributed by atoms with E-state index in [4.69, 9.17) is 0 Å². The first-order valence-electron chi connectivity index (χ1n) is 7.12. The van der Waals surface area contributed by atoms with Crippen LogP contribution in [0.1, 0.15) is 33.4 Å². The maximum absolute atomic E-state index is 9.93. The highest BCUT2D eigenvalue weighted by molar-refractivity contribution is 5.84. The molecule has 0 unspecified atom stereocenters. The molecule has 1 aliphatic rings. The summed E-state index contributed by atoms with van der Waals surface area (Å²) in [6.45, 7) is 10.4. The van der Waals surface area contributed by atoms with E-state index in [1.54, 1.807) is 0 Å². The Kier molecular flexibility index (Phi) is 2.93. The fourth-order valence-electron chi connectivity index (χ4n) is 3.36. The van der Waals surface area contributed by atoms with Gasteiger partial charge in [0.2, 0.25) is 0 Å². The average Bonchev–Trinajstić information content (AvgIpc) is 2.46. The standard InChI is InChI=1S/C19H20O/c1-5-14-10-11(2)12(3)16-7-6-15-13(4)18(20)9-8-17(15)19(14)16/h5,8-10,20H,1,6-7H2,2-4H3. The van der Waals surface area contributed by atoms with Crippen LogP contribution in [0, 0.1) is 20.8 Å². The van der Waals surface area contributed by atoms with Crippen LogP contribution in [0.5, 0.6) is 5.75 Å². The molecule has 0 fully saturated rings. The van der Waals surface area contributed by atoms with Gasteiger partial charge in [-0.15, -0.1) is 0 Å². The van der Waals surface area contributed by atoms with Gasteiger partial charge >= 0.3 is 0 Å². The highest BCUT2D eigenvalue weighted by Crippen LogP contribution is 2.42. The number of aryl methyl sites for hydroxylation is 1. The highest BCUT2D eigenvalue weighted by atomic mass is 16.3. The van der Waals surface area contributed by atoms with Gasteiger partial charge in [0.05, 0.1) is 0 Å². The Morgan fingerprint density at radius 3 is 2.45 bits per heavy atom. The molecule has 2 aromatic carbocycles. The number of fused-ring (bicyclic) bond motifs is 3. The summed E-state index contributed by atoms with van der Waals surface area (Å²) in [6, 6.07) is 6.08. The van der Waals surface area contributed by atoms with E-state index < -0.39 is 0 Å². The van der Waals surface area contributed by atoms with Gasteiger partial charge in [0.15, 0.2) is 0 Å². The Labute approximate surface area is 120 Å². The number of hydrogen-bond acceptors (Lipinski definition) is 1. The van der Waals surface area contributed by atoms with Crippen LogP contribution in [-0.2, 0) is 12.8 Å². The van der Waals surface area contributed by atoms with Gasteiger partial charge in [-0.1, -0.05) is 24.8 Å². The molecule has 1 aliphatic carbocycles. The van der Waals surface area contributed by atoms with Crippen molar-refractivity contribution in [2.24, 2.45) is 0 Å². The van der Waals surface area contributed by atoms with Crippen LogP contribution < -0.4 is 0 Å². The summed E-state index contributed by atoms with van der Waals surface area (Å²) >= 11 is 0. The molecule has 0 aromatic heterocycles. The summed E-state index contributed by atoms with van der Waals surface area (Å²) in [6.07, 6.45) is 3.99. The number of hydrogen-bond donors (Lipinski definition) is 1. The zero-order valence-electron chi connectivity index (χ0n) is 12.4. The first-order valence-corrected chi connectivity index (χ1v) is 7.12. The van der Waals surface area contributed by atoms with Crippen molar-refractivity contribution in [3.63, 3.8) is 0 Å². The van der Waals surface area contributed by atoms with Gasteiger partial charge in [-0.3, -0.25) is 0 Å². The topological polar surface area (TPSA) is 20.2 Å². The van der Waals surface area contributed by atoms with E-state index in [1.807, 2.05) is 19.1 Å². The Hall–Kier alpha value is -2.02. The molecule has 102 valence electrons. The zero-order valence-corrected chi connectivity index (χ0v) is 12.4. The molecule has 1 N–H and O–H groups in total. The Balaban J connectivity index is 2.40. The Morgan fingerprint density at radius 2 is 1.75 bits per heavy atom. The largest absolute Gasteiger partial charge is 0.508 e. The number of aromatic hydroxyl groups is 1. The lowest BCUT2D eigenvalue weighted by molar-refractivity contribution is 0.470. The van der Waals surface area contributed by atoms with Gasteiger partial charge in [0, 0.05) is 0 Å². The van der Waals surface area contributed by atoms with E-state index >= 15 is 0 Å². The Morgan fingerprint density at radius 1 is 1.05 bits per heavy atom. The van der Waals surface area contributed by atoms with Gasteiger partial charge in [0.1, 0.15) is 5.75 Å². The fourth-order valence-corrected chi connectivity index (χ4v) is 3.36. The van der Waals surface area contributed by atoms with Crippen molar-refractivity contribution in [2.75, 3.05) is 0 Å². The SMILES string of the molecule is C=Cc1cc(C)c(C)c2c1-c1ccc(O)c(C)c1CC2. The second-order valence-electron chi connectivity index (χ2n) is 5.70. The van der Waals surface area contributed by atoms with E-state index in [2.05, 4.69) is 32.6 Å². The Bertz CT molecular complexity index is 723. The van der Waals surface area contributed by atoms with Crippen LogP contribution in [0.4, 0.5) is 0 Å². The van der Waals surface area contributed by atoms with Crippen molar-refractivity contribution in [2.45, 2.75) is 33.6 Å². The lowest BCUT2D eigenvalue weighted by atomic mass is 9.78. The second kappa shape index (κ2) is 4.52. The molecule has 20 heavy (non-hydrogen) atoms. The fraction of sp³-hybridized carbons (Fsp3) is 0.263. The summed E-state index contributed by atoms with van der Waals surface area (Å²) in [5.74, 6) is 0.399. The van der Waals surface area contributed by atoms with Gasteiger partial charge < -0.3 is 5.11 Å². The summed E-state index contributed by atoms with van der Waals surface area (Å²) in [5.41, 5.74) is 10.2. The van der Waals surface area contributed by atoms with Crippen LogP contribution in [0.3, 0.4) is 0 Å². The maximum Gasteiger partial charge on any atom is 0.118 e. The zero-order chi connectivity index (χ0) is 14.4. The van der Waals surface area contributed by atoms with Crippen molar-refractivity contribution in [3.05, 3.63) is 58.2 Å². The summed E-state index contributed by atoms with van der Waals surface area (Å²) < 4.78 is 0. The van der Waals surface area contributed by atoms with Crippen LogP contribution in [0.2, 0.25) is 0 Å². The molecule has 0 spiro atoms. The predicted molar refractivity (Wildman–Crippen MR) is 85.3 cm³/mol. The number of rotatable bonds is 1. The molecule has 0 atom stereocenters. The smallest absolute Gasteiger partial charge is 0.118 e. The minimum Gasteiger partial charge on any atom is -0.508 e. The van der Waals surface area contributed by atoms with Gasteiger partial charge in [-0.05, 0) is 84.2 Å². The number of benzene rings is 2. The van der Waals surface area contributed by atoms with E-state index in [-0.39, 0.29) is 0 Å². The van der Waals surface area contributed by atoms with E-state index in [0.717, 1.165) is 18.4 Å². The number of phenolic OH excluding ortho intramolecular Hbond substituents is 1. The lowest BCUT2D eigenvalue weighted by Gasteiger charge is -2.26. The normalized spacial score (nSPS) is 12.8. The molecule has 0 saturated carbocycles. The molecule has 1 heteroatoms. The lowest BCUT2D eigenvalue weighted by Crippen LogP contribution is -2.10. The minimum absolute atomic E-state index is 0.399. The van der Waals surface area contributed by atoms with Gasteiger partial charge in [-0.2, -0.15) is 0 Å². The molecule has 2 aromatic rings. The molecular formula is C19H20O. The van der Waals surface area contributed by atoms with Crippen molar-refractivity contribution in [1.82, 2.24) is 0 Å². The molecule has 3 rings (SSSR count). The van der Waals surface area contributed by atoms with Crippen LogP contribution in [-0.4, -0.2) is 5.11 Å². The molecule has 1 nitrogen and oxygen atoms in total.